The summed E-state index contributed by atoms with van der Waals surface area (Å²) in [6.07, 6.45) is 6.70. The van der Waals surface area contributed by atoms with Crippen LogP contribution in [0, 0.1) is 5.41 Å². The van der Waals surface area contributed by atoms with Gasteiger partial charge in [0, 0.05) is 38.1 Å². The van der Waals surface area contributed by atoms with E-state index < -0.39 is 0 Å². The van der Waals surface area contributed by atoms with E-state index in [0.29, 0.717) is 5.91 Å². The van der Waals surface area contributed by atoms with Crippen molar-refractivity contribution < 1.29 is 4.79 Å². The molecule has 0 aromatic heterocycles. The third kappa shape index (κ3) is 3.93. The van der Waals surface area contributed by atoms with Crippen LogP contribution in [0.25, 0.3) is 0 Å². The van der Waals surface area contributed by atoms with Gasteiger partial charge in [0.05, 0.1) is 0 Å². The number of nitrogens with zero attached hydrogens (tertiary/aromatic N) is 1. The van der Waals surface area contributed by atoms with Crippen molar-refractivity contribution in [2.24, 2.45) is 5.41 Å². The number of carbonyl (C=O) groups is 1. The summed E-state index contributed by atoms with van der Waals surface area (Å²) in [5, 5.41) is 6.54. The van der Waals surface area contributed by atoms with Crippen LogP contribution in [0.1, 0.15) is 45.4 Å². The third-order valence-corrected chi connectivity index (χ3v) is 4.87. The van der Waals surface area contributed by atoms with Crippen LogP contribution in [0.5, 0.6) is 0 Å². The largest absolute Gasteiger partial charge is 0.356 e. The Hall–Kier alpha value is -0.610. The van der Waals surface area contributed by atoms with Crippen LogP contribution in [-0.2, 0) is 4.79 Å². The standard InChI is InChI=1S/C15H29N3O/c1-2-15(6-3-4-7-15)14(19)17-8-5-11-18-12-9-16-10-13-18/h16H,2-13H2,1H3,(H,17,19). The van der Waals surface area contributed by atoms with Gasteiger partial charge in [-0.05, 0) is 32.2 Å². The highest BCUT2D eigenvalue weighted by molar-refractivity contribution is 5.82. The Morgan fingerprint density at radius 1 is 1.26 bits per heavy atom. The molecule has 0 unspecified atom stereocenters. The van der Waals surface area contributed by atoms with E-state index in [9.17, 15) is 4.79 Å². The monoisotopic (exact) mass is 267 g/mol. The van der Waals surface area contributed by atoms with E-state index in [1.54, 1.807) is 0 Å². The minimum atomic E-state index is -0.0327. The number of amides is 1. The molecule has 1 heterocycles. The molecule has 0 bridgehead atoms. The van der Waals surface area contributed by atoms with Crippen LogP contribution in [-0.4, -0.2) is 50.1 Å². The zero-order valence-corrected chi connectivity index (χ0v) is 12.3. The van der Waals surface area contributed by atoms with Gasteiger partial charge in [0.25, 0.3) is 0 Å². The van der Waals surface area contributed by atoms with Gasteiger partial charge in [-0.1, -0.05) is 19.8 Å². The van der Waals surface area contributed by atoms with Crippen molar-refractivity contribution in [1.82, 2.24) is 15.5 Å². The van der Waals surface area contributed by atoms with Crippen molar-refractivity contribution in [2.75, 3.05) is 39.3 Å². The Balaban J connectivity index is 1.63. The van der Waals surface area contributed by atoms with Crippen molar-refractivity contribution in [2.45, 2.75) is 45.4 Å². The predicted octanol–water partition coefficient (Wildman–Crippen LogP) is 1.37. The van der Waals surface area contributed by atoms with E-state index in [2.05, 4.69) is 22.5 Å². The molecule has 4 heteroatoms. The molecule has 2 rings (SSSR count). The fraction of sp³-hybridized carbons (Fsp3) is 0.933. The van der Waals surface area contributed by atoms with E-state index in [0.717, 1.165) is 65.0 Å². The second-order valence-corrected chi connectivity index (χ2v) is 6.04. The van der Waals surface area contributed by atoms with Crippen LogP contribution < -0.4 is 10.6 Å². The van der Waals surface area contributed by atoms with E-state index in [-0.39, 0.29) is 5.41 Å². The van der Waals surface area contributed by atoms with Gasteiger partial charge in [-0.25, -0.2) is 0 Å². The molecule has 110 valence electrons. The molecule has 2 N–H and O–H groups in total. The van der Waals surface area contributed by atoms with E-state index in [1.165, 1.54) is 12.8 Å². The van der Waals surface area contributed by atoms with Gasteiger partial charge in [-0.2, -0.15) is 0 Å². The normalized spacial score (nSPS) is 23.4. The van der Waals surface area contributed by atoms with Gasteiger partial charge >= 0.3 is 0 Å². The average Bonchev–Trinajstić information content (AvgIpc) is 2.94. The fourth-order valence-electron chi connectivity index (χ4n) is 3.42. The Morgan fingerprint density at radius 3 is 2.58 bits per heavy atom. The van der Waals surface area contributed by atoms with Crippen LogP contribution in [0.2, 0.25) is 0 Å². The fourth-order valence-corrected chi connectivity index (χ4v) is 3.42. The molecular formula is C15H29N3O. The van der Waals surface area contributed by atoms with Crippen LogP contribution in [0.4, 0.5) is 0 Å². The molecule has 0 aromatic rings. The van der Waals surface area contributed by atoms with Gasteiger partial charge in [-0.3, -0.25) is 4.79 Å². The predicted molar refractivity (Wildman–Crippen MR) is 78.1 cm³/mol. The molecule has 0 atom stereocenters. The maximum Gasteiger partial charge on any atom is 0.226 e. The lowest BCUT2D eigenvalue weighted by molar-refractivity contribution is -0.131. The SMILES string of the molecule is CCC1(C(=O)NCCCN2CCNCC2)CCCC1. The molecule has 1 aliphatic carbocycles. The maximum atomic E-state index is 12.3. The first kappa shape index (κ1) is 14.8. The lowest BCUT2D eigenvalue weighted by Crippen LogP contribution is -2.45. The topological polar surface area (TPSA) is 44.4 Å². The number of rotatable bonds is 6. The molecule has 2 fully saturated rings. The number of carbonyl (C=O) groups excluding carboxylic acids is 1. The zero-order valence-electron chi connectivity index (χ0n) is 12.3. The molecule has 1 saturated carbocycles. The zero-order chi connectivity index (χ0) is 13.6. The summed E-state index contributed by atoms with van der Waals surface area (Å²) in [5.41, 5.74) is -0.0327. The van der Waals surface area contributed by atoms with Crippen molar-refractivity contribution in [3.05, 3.63) is 0 Å². The quantitative estimate of drug-likeness (QED) is 0.714. The molecule has 1 amide bonds. The van der Waals surface area contributed by atoms with Gasteiger partial charge in [0.15, 0.2) is 0 Å². The molecular weight excluding hydrogens is 238 g/mol. The van der Waals surface area contributed by atoms with Gasteiger partial charge in [0.1, 0.15) is 0 Å². The first-order chi connectivity index (χ1) is 9.27. The van der Waals surface area contributed by atoms with E-state index >= 15 is 0 Å². The molecule has 1 aliphatic heterocycles. The maximum absolute atomic E-state index is 12.3. The summed E-state index contributed by atoms with van der Waals surface area (Å²) in [5.74, 6) is 0.313. The molecule has 2 aliphatic rings. The minimum Gasteiger partial charge on any atom is -0.356 e. The molecule has 0 radical (unpaired) electrons. The van der Waals surface area contributed by atoms with E-state index in [4.69, 9.17) is 0 Å². The van der Waals surface area contributed by atoms with Gasteiger partial charge in [0.2, 0.25) is 5.91 Å². The molecule has 0 aromatic carbocycles. The van der Waals surface area contributed by atoms with Crippen molar-refractivity contribution in [3.63, 3.8) is 0 Å². The van der Waals surface area contributed by atoms with E-state index in [1.807, 2.05) is 0 Å². The first-order valence-electron chi connectivity index (χ1n) is 7.98. The summed E-state index contributed by atoms with van der Waals surface area (Å²) < 4.78 is 0. The van der Waals surface area contributed by atoms with Gasteiger partial charge in [-0.15, -0.1) is 0 Å². The van der Waals surface area contributed by atoms with Crippen LogP contribution >= 0.6 is 0 Å². The lowest BCUT2D eigenvalue weighted by atomic mass is 9.82. The second kappa shape index (κ2) is 7.25. The van der Waals surface area contributed by atoms with Crippen molar-refractivity contribution >= 4 is 5.91 Å². The number of hydrogen-bond donors (Lipinski definition) is 2. The van der Waals surface area contributed by atoms with Crippen molar-refractivity contribution in [3.8, 4) is 0 Å². The molecule has 4 nitrogen and oxygen atoms in total. The van der Waals surface area contributed by atoms with Crippen molar-refractivity contribution in [1.29, 1.82) is 0 Å². The third-order valence-electron chi connectivity index (χ3n) is 4.87. The number of piperazine rings is 1. The highest BCUT2D eigenvalue weighted by Gasteiger charge is 2.38. The summed E-state index contributed by atoms with van der Waals surface area (Å²) in [6, 6.07) is 0. The summed E-state index contributed by atoms with van der Waals surface area (Å²) in [7, 11) is 0. The highest BCUT2D eigenvalue weighted by atomic mass is 16.2. The smallest absolute Gasteiger partial charge is 0.226 e. The second-order valence-electron chi connectivity index (χ2n) is 6.04. The summed E-state index contributed by atoms with van der Waals surface area (Å²) in [6.45, 7) is 8.60. The Labute approximate surface area is 117 Å². The summed E-state index contributed by atoms with van der Waals surface area (Å²) in [4.78, 5) is 14.8. The van der Waals surface area contributed by atoms with Gasteiger partial charge < -0.3 is 15.5 Å². The number of hydrogen-bond acceptors (Lipinski definition) is 3. The first-order valence-corrected chi connectivity index (χ1v) is 7.98. The lowest BCUT2D eigenvalue weighted by Gasteiger charge is -2.28. The number of nitrogens with one attached hydrogen (secondary N) is 2. The molecule has 0 spiro atoms. The Kier molecular flexibility index (Phi) is 5.64. The minimum absolute atomic E-state index is 0.0327. The highest BCUT2D eigenvalue weighted by Crippen LogP contribution is 2.40. The Bertz CT molecular complexity index is 281. The average molecular weight is 267 g/mol. The van der Waals surface area contributed by atoms with Crippen LogP contribution in [0.3, 0.4) is 0 Å². The Morgan fingerprint density at radius 2 is 1.95 bits per heavy atom. The summed E-state index contributed by atoms with van der Waals surface area (Å²) >= 11 is 0. The molecule has 1 saturated heterocycles. The van der Waals surface area contributed by atoms with Crippen LogP contribution in [0.15, 0.2) is 0 Å². The molecule has 19 heavy (non-hydrogen) atoms.